The molecule has 0 nitrogen and oxygen atoms in total. The van der Waals surface area contributed by atoms with Gasteiger partial charge in [0.05, 0.1) is 0 Å². The van der Waals surface area contributed by atoms with E-state index in [2.05, 4.69) is 79.7 Å². The summed E-state index contributed by atoms with van der Waals surface area (Å²) in [7, 11) is 0. The van der Waals surface area contributed by atoms with Gasteiger partial charge in [0, 0.05) is 25.8 Å². The molecule has 0 spiro atoms. The Morgan fingerprint density at radius 1 is 0.917 bits per heavy atom. The van der Waals surface area contributed by atoms with E-state index in [1.54, 1.807) is 0 Å². The van der Waals surface area contributed by atoms with E-state index in [0.717, 1.165) is 6.42 Å². The van der Waals surface area contributed by atoms with Crippen LogP contribution < -0.4 is 0 Å². The molecular weight excluding hydrogens is 502 g/mol. The van der Waals surface area contributed by atoms with E-state index in [9.17, 15) is 0 Å². The third-order valence-electron chi connectivity index (χ3n) is 3.74. The fourth-order valence-electron chi connectivity index (χ4n) is 2.63. The van der Waals surface area contributed by atoms with E-state index in [1.807, 2.05) is 12.2 Å². The Morgan fingerprint density at radius 2 is 1.58 bits per heavy atom. The number of benzene rings is 2. The maximum absolute atomic E-state index is 2.99. The summed E-state index contributed by atoms with van der Waals surface area (Å²) < 4.78 is 0. The molecule has 0 saturated heterocycles. The number of rotatable bonds is 1. The van der Waals surface area contributed by atoms with Gasteiger partial charge in [-0.05, 0) is 0 Å². The molecule has 0 heterocycles. The van der Waals surface area contributed by atoms with Crippen molar-refractivity contribution in [2.24, 2.45) is 0 Å². The van der Waals surface area contributed by atoms with Crippen LogP contribution in [0.4, 0.5) is 0 Å². The number of aryl methyl sites for hydroxylation is 1. The van der Waals surface area contributed by atoms with Crippen LogP contribution in [0.1, 0.15) is 12.0 Å². The summed E-state index contributed by atoms with van der Waals surface area (Å²) in [5.74, 6) is 0. The molecule has 0 radical (unpaired) electrons. The molecule has 24 heavy (non-hydrogen) atoms. The molecule has 0 aliphatic heterocycles. The third kappa shape index (κ3) is 5.51. The molecule has 0 amide bonds. The van der Waals surface area contributed by atoms with Gasteiger partial charge in [0.25, 0.3) is 0 Å². The fraction of sp³-hybridized carbons (Fsp3) is 0.0952. The number of hydrogen-bond acceptors (Lipinski definition) is 0. The number of halogens is 2. The van der Waals surface area contributed by atoms with Crippen molar-refractivity contribution in [3.63, 3.8) is 0 Å². The molecule has 0 atom stereocenters. The van der Waals surface area contributed by atoms with Crippen LogP contribution in [0.3, 0.4) is 0 Å². The normalized spacial score (nSPS) is 10.9. The first-order valence-electron chi connectivity index (χ1n) is 7.28. The van der Waals surface area contributed by atoms with Gasteiger partial charge in [-0.1, -0.05) is 61.0 Å². The van der Waals surface area contributed by atoms with E-state index >= 15 is 0 Å². The first-order chi connectivity index (χ1) is 10.4. The largest absolute Gasteiger partial charge is 0.273 e. The smallest absolute Gasteiger partial charge is 0 e. The molecule has 1 aliphatic rings. The number of fused-ring (bicyclic) bond motifs is 1. The third-order valence-corrected chi connectivity index (χ3v) is 3.74. The van der Waals surface area contributed by atoms with Gasteiger partial charge in [-0.15, -0.1) is 65.3 Å². The average Bonchev–Trinajstić information content (AvgIpc) is 3.21. The molecule has 0 fully saturated rings. The molecule has 0 bridgehead atoms. The van der Waals surface area contributed by atoms with Gasteiger partial charge in [-0.2, -0.15) is 6.08 Å². The number of hydrogen-bond donors (Lipinski definition) is 0. The Morgan fingerprint density at radius 3 is 2.12 bits per heavy atom. The van der Waals surface area contributed by atoms with Crippen LogP contribution in [-0.2, 0) is 25.8 Å². The molecule has 1 aliphatic carbocycles. The minimum atomic E-state index is 0. The number of allylic oxidation sites excluding steroid dienone is 4. The maximum atomic E-state index is 2.99. The zero-order valence-corrected chi connectivity index (χ0v) is 18.8. The van der Waals surface area contributed by atoms with Gasteiger partial charge in [0.2, 0.25) is 0 Å². The van der Waals surface area contributed by atoms with Gasteiger partial charge in [-0.25, -0.2) is 12.2 Å². The molecular formula is C21H20Cl2Hf-2. The Hall–Kier alpha value is -1.02. The summed E-state index contributed by atoms with van der Waals surface area (Å²) in [6, 6.07) is 21.4. The molecule has 0 unspecified atom stereocenters. The maximum Gasteiger partial charge on any atom is 0 e. The Labute approximate surface area is 175 Å². The SMILES string of the molecule is C[c-]1c(-c2ccccc2)cc2ccccc21.Cl.Cl.[C-]1=CC=CC1.[Hf]. The van der Waals surface area contributed by atoms with Crippen molar-refractivity contribution in [1.29, 1.82) is 0 Å². The monoisotopic (exact) mass is 522 g/mol. The molecule has 3 aromatic carbocycles. The average molecular weight is 522 g/mol. The van der Waals surface area contributed by atoms with Crippen molar-refractivity contribution in [2.45, 2.75) is 13.3 Å². The van der Waals surface area contributed by atoms with Crippen molar-refractivity contribution >= 4 is 35.6 Å². The van der Waals surface area contributed by atoms with Crippen LogP contribution in [0.5, 0.6) is 0 Å². The van der Waals surface area contributed by atoms with Crippen LogP contribution in [0.15, 0.2) is 78.9 Å². The van der Waals surface area contributed by atoms with Crippen LogP contribution in [0.25, 0.3) is 21.9 Å². The van der Waals surface area contributed by atoms with Gasteiger partial charge in [0.1, 0.15) is 0 Å². The van der Waals surface area contributed by atoms with E-state index in [-0.39, 0.29) is 50.7 Å². The Kier molecular flexibility index (Phi) is 11.0. The summed E-state index contributed by atoms with van der Waals surface area (Å²) in [6.45, 7) is 2.20. The fourth-order valence-corrected chi connectivity index (χ4v) is 2.63. The van der Waals surface area contributed by atoms with Crippen LogP contribution in [0, 0.1) is 13.0 Å². The van der Waals surface area contributed by atoms with Crippen molar-refractivity contribution in [2.75, 3.05) is 0 Å². The predicted molar refractivity (Wildman–Crippen MR) is 106 cm³/mol. The van der Waals surface area contributed by atoms with Crippen molar-refractivity contribution in [1.82, 2.24) is 0 Å². The zero-order chi connectivity index (χ0) is 14.5. The molecule has 0 aromatic heterocycles. The standard InChI is InChI=1S/C16H13.C5H5.2ClH.Hf/c1-12-15-10-6-5-9-14(15)11-16(12)13-7-3-2-4-8-13;1-2-4-5-3-1;;;/h2-11H,1H3;1-3H,4H2;2*1H;/q2*-1;;;. The molecule has 3 heteroatoms. The van der Waals surface area contributed by atoms with Crippen LogP contribution in [0.2, 0.25) is 0 Å². The second kappa shape index (κ2) is 11.5. The molecule has 3 aromatic rings. The van der Waals surface area contributed by atoms with Gasteiger partial charge < -0.3 is 0 Å². The van der Waals surface area contributed by atoms with Crippen molar-refractivity contribution in [3.8, 4) is 11.1 Å². The Balaban J connectivity index is 0.000000578. The van der Waals surface area contributed by atoms with Crippen LogP contribution in [-0.4, -0.2) is 0 Å². The van der Waals surface area contributed by atoms with E-state index in [4.69, 9.17) is 0 Å². The second-order valence-electron chi connectivity index (χ2n) is 5.14. The van der Waals surface area contributed by atoms with E-state index < -0.39 is 0 Å². The zero-order valence-electron chi connectivity index (χ0n) is 13.5. The predicted octanol–water partition coefficient (Wildman–Crippen LogP) is 6.68. The van der Waals surface area contributed by atoms with E-state index in [1.165, 1.54) is 27.5 Å². The molecule has 0 saturated carbocycles. The summed E-state index contributed by atoms with van der Waals surface area (Å²) in [5, 5.41) is 2.69. The second-order valence-corrected chi connectivity index (χ2v) is 5.14. The van der Waals surface area contributed by atoms with E-state index in [0.29, 0.717) is 0 Å². The topological polar surface area (TPSA) is 0 Å². The van der Waals surface area contributed by atoms with Crippen molar-refractivity contribution < 1.29 is 25.8 Å². The van der Waals surface area contributed by atoms with Crippen LogP contribution >= 0.6 is 24.8 Å². The molecule has 124 valence electrons. The minimum absolute atomic E-state index is 0. The summed E-state index contributed by atoms with van der Waals surface area (Å²) >= 11 is 0. The molecule has 0 N–H and O–H groups in total. The first kappa shape index (κ1) is 23.0. The van der Waals surface area contributed by atoms with Gasteiger partial charge in [0.15, 0.2) is 0 Å². The molecule has 4 rings (SSSR count). The summed E-state index contributed by atoms with van der Waals surface area (Å²) in [5.41, 5.74) is 4.03. The summed E-state index contributed by atoms with van der Waals surface area (Å²) in [4.78, 5) is 0. The first-order valence-corrected chi connectivity index (χ1v) is 7.28. The quantitative estimate of drug-likeness (QED) is 0.247. The van der Waals surface area contributed by atoms with Gasteiger partial charge in [-0.3, -0.25) is 6.08 Å². The summed E-state index contributed by atoms with van der Waals surface area (Å²) in [6.07, 6.45) is 10.0. The Bertz CT molecular complexity index is 776. The minimum Gasteiger partial charge on any atom is -0.273 e. The van der Waals surface area contributed by atoms with Gasteiger partial charge >= 0.3 is 0 Å². The van der Waals surface area contributed by atoms with Crippen molar-refractivity contribution in [3.05, 3.63) is 90.5 Å².